The maximum Gasteiger partial charge on any atom is 0.367 e. The van der Waals surface area contributed by atoms with Gasteiger partial charge in [0.05, 0.1) is 5.75 Å². The number of nitrogens with zero attached hydrogens (tertiary/aromatic N) is 1. The predicted octanol–water partition coefficient (Wildman–Crippen LogP) is 4.35. The van der Waals surface area contributed by atoms with Crippen LogP contribution < -0.4 is 9.01 Å². The van der Waals surface area contributed by atoms with Crippen molar-refractivity contribution >= 4 is 10.1 Å². The van der Waals surface area contributed by atoms with Gasteiger partial charge in [0.1, 0.15) is 0 Å². The van der Waals surface area contributed by atoms with Gasteiger partial charge in [-0.25, -0.2) is 0 Å². The first kappa shape index (κ1) is 20.9. The van der Waals surface area contributed by atoms with Crippen molar-refractivity contribution in [1.29, 1.82) is 0 Å². The number of unbranched alkanes of at least 4 members (excludes halogenated alkanes) is 10. The summed E-state index contributed by atoms with van der Waals surface area (Å²) in [4.78, 5) is 0. The average Bonchev–Trinajstić information content (AvgIpc) is 2.54. The molecule has 0 aromatic carbocycles. The van der Waals surface area contributed by atoms with E-state index in [0.29, 0.717) is 6.42 Å². The topological polar surface area (TPSA) is 47.3 Å². The number of aromatic nitrogens is 1. The highest BCUT2D eigenvalue weighted by atomic mass is 32.2. The molecular formula is C19H34NO3S+. The molecule has 138 valence electrons. The molecule has 0 N–H and O–H groups in total. The van der Waals surface area contributed by atoms with Crippen LogP contribution in [0.2, 0.25) is 0 Å². The van der Waals surface area contributed by atoms with Gasteiger partial charge >= 0.3 is 10.1 Å². The van der Waals surface area contributed by atoms with Crippen molar-refractivity contribution in [3.8, 4) is 0 Å². The molecule has 4 nitrogen and oxygen atoms in total. The van der Waals surface area contributed by atoms with Gasteiger partial charge < -0.3 is 0 Å². The summed E-state index contributed by atoms with van der Waals surface area (Å²) in [5.41, 5.74) is 0.764. The van der Waals surface area contributed by atoms with Gasteiger partial charge in [-0.3, -0.25) is 0 Å². The molecule has 1 heterocycles. The lowest BCUT2D eigenvalue weighted by atomic mass is 10.1. The van der Waals surface area contributed by atoms with Gasteiger partial charge in [-0.1, -0.05) is 71.1 Å². The summed E-state index contributed by atoms with van der Waals surface area (Å²) in [6, 6.07) is 5.42. The van der Waals surface area contributed by atoms with E-state index in [0.717, 1.165) is 18.5 Å². The van der Waals surface area contributed by atoms with Gasteiger partial charge in [0.2, 0.25) is 11.9 Å². The van der Waals surface area contributed by atoms with E-state index in [2.05, 4.69) is 6.92 Å². The lowest BCUT2D eigenvalue weighted by molar-refractivity contribution is -0.860. The van der Waals surface area contributed by atoms with E-state index in [9.17, 15) is 8.42 Å². The minimum atomic E-state index is -3.50. The maximum atomic E-state index is 12.0. The quantitative estimate of drug-likeness (QED) is 0.368. The Bertz CT molecular complexity index is 543. The van der Waals surface area contributed by atoms with Crippen LogP contribution in [-0.4, -0.2) is 14.2 Å². The Kier molecular flexibility index (Phi) is 10.7. The molecule has 1 aromatic heterocycles. The van der Waals surface area contributed by atoms with Crippen LogP contribution in [0.5, 0.6) is 0 Å². The summed E-state index contributed by atoms with van der Waals surface area (Å²) in [5, 5.41) is 0. The Hall–Kier alpha value is -1.10. The van der Waals surface area contributed by atoms with Crippen molar-refractivity contribution in [2.75, 3.05) is 5.75 Å². The summed E-state index contributed by atoms with van der Waals surface area (Å²) in [6.07, 6.45) is 14.9. The average molecular weight is 357 g/mol. The second kappa shape index (κ2) is 12.3. The molecule has 0 aliphatic carbocycles. The third kappa shape index (κ3) is 9.91. The zero-order valence-corrected chi connectivity index (χ0v) is 16.2. The van der Waals surface area contributed by atoms with E-state index in [1.54, 1.807) is 12.3 Å². The van der Waals surface area contributed by atoms with Gasteiger partial charge in [-0.15, -0.1) is 4.28 Å². The van der Waals surface area contributed by atoms with Gasteiger partial charge in [0.15, 0.2) is 0 Å². The Morgan fingerprint density at radius 2 is 1.42 bits per heavy atom. The molecule has 5 heteroatoms. The Balaban J connectivity index is 2.05. The molecule has 0 fully saturated rings. The maximum absolute atomic E-state index is 12.0. The van der Waals surface area contributed by atoms with E-state index >= 15 is 0 Å². The minimum absolute atomic E-state index is 0.0886. The molecule has 0 unspecified atom stereocenters. The van der Waals surface area contributed by atoms with Crippen LogP contribution in [0, 0.1) is 6.92 Å². The first-order valence-electron chi connectivity index (χ1n) is 9.45. The third-order valence-electron chi connectivity index (χ3n) is 4.21. The van der Waals surface area contributed by atoms with Crippen LogP contribution >= 0.6 is 0 Å². The first-order chi connectivity index (χ1) is 11.5. The standard InChI is InChI=1S/C19H34NO3S/c1-3-4-5-6-7-8-9-10-11-12-15-18-24(21,22)23-20-17-14-13-16-19(20)2/h13-14,16-17H,3-12,15,18H2,1-2H3/q+1. The molecule has 0 radical (unpaired) electrons. The summed E-state index contributed by atoms with van der Waals surface area (Å²) in [5.74, 6) is 0.0886. The molecule has 0 amide bonds. The molecule has 24 heavy (non-hydrogen) atoms. The Morgan fingerprint density at radius 3 is 1.96 bits per heavy atom. The largest absolute Gasteiger partial charge is 0.367 e. The van der Waals surface area contributed by atoms with Crippen LogP contribution in [0.25, 0.3) is 0 Å². The lowest BCUT2D eigenvalue weighted by Gasteiger charge is -2.03. The van der Waals surface area contributed by atoms with E-state index in [4.69, 9.17) is 4.28 Å². The molecule has 0 atom stereocenters. The fourth-order valence-electron chi connectivity index (χ4n) is 2.70. The van der Waals surface area contributed by atoms with E-state index < -0.39 is 10.1 Å². The fraction of sp³-hybridized carbons (Fsp3) is 0.737. The summed E-state index contributed by atoms with van der Waals surface area (Å²) in [6.45, 7) is 4.06. The number of hydrogen-bond donors (Lipinski definition) is 0. The highest BCUT2D eigenvalue weighted by Gasteiger charge is 2.19. The number of pyridine rings is 1. The SMILES string of the molecule is CCCCCCCCCCCCCS(=O)(=O)O[n+]1ccccc1C. The number of aryl methyl sites for hydroxylation is 1. The van der Waals surface area contributed by atoms with Gasteiger partial charge in [0, 0.05) is 23.8 Å². The van der Waals surface area contributed by atoms with E-state index in [-0.39, 0.29) is 5.75 Å². The van der Waals surface area contributed by atoms with Crippen LogP contribution in [-0.2, 0) is 10.1 Å². The van der Waals surface area contributed by atoms with Crippen LogP contribution in [0.3, 0.4) is 0 Å². The monoisotopic (exact) mass is 356 g/mol. The highest BCUT2D eigenvalue weighted by Crippen LogP contribution is 2.11. The van der Waals surface area contributed by atoms with Crippen molar-refractivity contribution in [3.05, 3.63) is 30.1 Å². The fourth-order valence-corrected chi connectivity index (χ4v) is 3.74. The van der Waals surface area contributed by atoms with Crippen molar-refractivity contribution in [1.82, 2.24) is 0 Å². The van der Waals surface area contributed by atoms with Crippen molar-refractivity contribution in [2.24, 2.45) is 0 Å². The molecule has 0 saturated carbocycles. The van der Waals surface area contributed by atoms with Crippen LogP contribution in [0.15, 0.2) is 24.4 Å². The van der Waals surface area contributed by atoms with Crippen LogP contribution in [0.1, 0.15) is 83.2 Å². The second-order valence-electron chi connectivity index (χ2n) is 6.54. The zero-order chi connectivity index (χ0) is 17.7. The normalized spacial score (nSPS) is 11.6. The van der Waals surface area contributed by atoms with Gasteiger partial charge in [-0.05, 0) is 12.5 Å². The summed E-state index contributed by atoms with van der Waals surface area (Å²) in [7, 11) is -3.50. The van der Waals surface area contributed by atoms with E-state index in [1.165, 1.54) is 56.1 Å². The molecule has 0 bridgehead atoms. The zero-order valence-electron chi connectivity index (χ0n) is 15.4. The predicted molar refractivity (Wildman–Crippen MR) is 98.2 cm³/mol. The Morgan fingerprint density at radius 1 is 0.875 bits per heavy atom. The molecule has 0 spiro atoms. The number of hydrogen-bond acceptors (Lipinski definition) is 3. The van der Waals surface area contributed by atoms with Gasteiger partial charge in [0.25, 0.3) is 0 Å². The first-order valence-corrected chi connectivity index (χ1v) is 11.0. The third-order valence-corrected chi connectivity index (χ3v) is 5.39. The molecule has 0 aliphatic rings. The van der Waals surface area contributed by atoms with E-state index in [1.807, 2.05) is 19.1 Å². The molecular weight excluding hydrogens is 322 g/mol. The number of rotatable bonds is 14. The lowest BCUT2D eigenvalue weighted by Crippen LogP contribution is -2.48. The van der Waals surface area contributed by atoms with Crippen LogP contribution in [0.4, 0.5) is 0 Å². The highest BCUT2D eigenvalue weighted by molar-refractivity contribution is 7.86. The summed E-state index contributed by atoms with van der Waals surface area (Å²) < 4.78 is 30.4. The van der Waals surface area contributed by atoms with Crippen molar-refractivity contribution in [3.63, 3.8) is 0 Å². The minimum Gasteiger partial charge on any atom is -0.181 e. The molecule has 1 aromatic rings. The second-order valence-corrected chi connectivity index (χ2v) is 8.21. The Labute approximate surface area is 148 Å². The van der Waals surface area contributed by atoms with Gasteiger partial charge in [-0.2, -0.15) is 8.42 Å². The van der Waals surface area contributed by atoms with Crippen molar-refractivity contribution in [2.45, 2.75) is 84.5 Å². The summed E-state index contributed by atoms with van der Waals surface area (Å²) >= 11 is 0. The molecule has 0 aliphatic heterocycles. The smallest absolute Gasteiger partial charge is 0.181 e. The van der Waals surface area contributed by atoms with Crippen molar-refractivity contribution < 1.29 is 17.4 Å². The molecule has 1 rings (SSSR count). The molecule has 0 saturated heterocycles.